The van der Waals surface area contributed by atoms with Crippen LogP contribution in [0.4, 0.5) is 0 Å². The van der Waals surface area contributed by atoms with E-state index < -0.39 is 11.0 Å². The molecule has 0 N–H and O–H groups in total. The fourth-order valence-corrected chi connectivity index (χ4v) is 5.45. The number of allylic oxidation sites excluding steroid dienone is 13. The van der Waals surface area contributed by atoms with Gasteiger partial charge in [-0.2, -0.15) is 0 Å². The van der Waals surface area contributed by atoms with Crippen LogP contribution >= 0.6 is 0 Å². The van der Waals surface area contributed by atoms with Crippen LogP contribution in [0.25, 0.3) is 0 Å². The minimum Gasteiger partial charge on any atom is -0.459 e. The first-order valence-corrected chi connectivity index (χ1v) is 15.1. The van der Waals surface area contributed by atoms with Crippen LogP contribution in [0.15, 0.2) is 96.7 Å². The van der Waals surface area contributed by atoms with Crippen LogP contribution in [0.3, 0.4) is 0 Å². The summed E-state index contributed by atoms with van der Waals surface area (Å²) < 4.78 is 6.40. The van der Waals surface area contributed by atoms with Gasteiger partial charge in [0.05, 0.1) is 5.41 Å². The smallest absolute Gasteiger partial charge is 0.316 e. The molecule has 4 atom stereocenters. The van der Waals surface area contributed by atoms with Crippen molar-refractivity contribution >= 4 is 5.97 Å². The highest BCUT2D eigenvalue weighted by atomic mass is 16.6. The van der Waals surface area contributed by atoms with E-state index in [-0.39, 0.29) is 23.7 Å². The minimum atomic E-state index is -0.718. The zero-order valence-electron chi connectivity index (χ0n) is 25.8. The normalized spacial score (nSPS) is 19.9. The summed E-state index contributed by atoms with van der Waals surface area (Å²) in [5, 5.41) is 0. The molecule has 0 aliphatic heterocycles. The molecule has 2 aliphatic rings. The van der Waals surface area contributed by atoms with Crippen LogP contribution in [0.5, 0.6) is 0 Å². The fraction of sp³-hybridized carbons (Fsp3) is 0.541. The van der Waals surface area contributed by atoms with Crippen LogP contribution < -0.4 is 0 Å². The Hall–Kier alpha value is -2.61. The van der Waals surface area contributed by atoms with Gasteiger partial charge in [-0.05, 0) is 94.6 Å². The van der Waals surface area contributed by atoms with E-state index in [0.717, 1.165) is 44.1 Å². The third-order valence-electron chi connectivity index (χ3n) is 8.67. The van der Waals surface area contributed by atoms with Gasteiger partial charge in [-0.25, -0.2) is 0 Å². The Labute approximate surface area is 240 Å². The van der Waals surface area contributed by atoms with Gasteiger partial charge in [0.25, 0.3) is 0 Å². The Morgan fingerprint density at radius 3 is 2.36 bits per heavy atom. The van der Waals surface area contributed by atoms with Gasteiger partial charge in [0.2, 0.25) is 0 Å². The van der Waals surface area contributed by atoms with Crippen molar-refractivity contribution in [3.05, 3.63) is 96.7 Å². The van der Waals surface area contributed by atoms with Crippen molar-refractivity contribution in [3.8, 4) is 0 Å². The molecule has 0 bridgehead atoms. The number of esters is 1. The second-order valence-electron chi connectivity index (χ2n) is 12.3. The van der Waals surface area contributed by atoms with Crippen LogP contribution in [0.1, 0.15) is 93.4 Å². The molecule has 0 aromatic carbocycles. The van der Waals surface area contributed by atoms with E-state index in [1.807, 2.05) is 12.2 Å². The molecule has 2 heteroatoms. The maximum Gasteiger partial charge on any atom is 0.316 e. The van der Waals surface area contributed by atoms with E-state index in [9.17, 15) is 4.79 Å². The topological polar surface area (TPSA) is 26.3 Å². The van der Waals surface area contributed by atoms with Gasteiger partial charge < -0.3 is 4.74 Å². The van der Waals surface area contributed by atoms with Crippen molar-refractivity contribution in [2.75, 3.05) is 0 Å². The molecule has 2 nitrogen and oxygen atoms in total. The van der Waals surface area contributed by atoms with Gasteiger partial charge in [-0.1, -0.05) is 107 Å². The molecule has 3 unspecified atom stereocenters. The number of hydrogen-bond acceptors (Lipinski definition) is 2. The van der Waals surface area contributed by atoms with E-state index in [0.29, 0.717) is 12.3 Å². The van der Waals surface area contributed by atoms with Crippen molar-refractivity contribution in [2.24, 2.45) is 29.1 Å². The molecule has 0 saturated heterocycles. The summed E-state index contributed by atoms with van der Waals surface area (Å²) >= 11 is 0. The largest absolute Gasteiger partial charge is 0.459 e. The van der Waals surface area contributed by atoms with E-state index in [2.05, 4.69) is 110 Å². The van der Waals surface area contributed by atoms with Crippen molar-refractivity contribution in [3.63, 3.8) is 0 Å². The van der Waals surface area contributed by atoms with Crippen LogP contribution in [0.2, 0.25) is 0 Å². The molecule has 0 spiro atoms. The highest BCUT2D eigenvalue weighted by Crippen LogP contribution is 2.46. The molecule has 1 saturated carbocycles. The molecule has 2 aliphatic carbocycles. The summed E-state index contributed by atoms with van der Waals surface area (Å²) in [5.74, 6) is 0.966. The fourth-order valence-electron chi connectivity index (χ4n) is 5.45. The minimum absolute atomic E-state index is 0.100. The lowest BCUT2D eigenvalue weighted by molar-refractivity contribution is -0.172. The lowest BCUT2D eigenvalue weighted by Gasteiger charge is -2.40. The number of rotatable bonds is 16. The highest BCUT2D eigenvalue weighted by molar-refractivity contribution is 5.80. The zero-order valence-corrected chi connectivity index (χ0v) is 25.8. The first-order chi connectivity index (χ1) is 18.5. The van der Waals surface area contributed by atoms with Crippen molar-refractivity contribution in [2.45, 2.75) is 99.0 Å². The average molecular weight is 531 g/mol. The Morgan fingerprint density at radius 2 is 1.85 bits per heavy atom. The molecule has 39 heavy (non-hydrogen) atoms. The number of hydrogen-bond donors (Lipinski definition) is 0. The summed E-state index contributed by atoms with van der Waals surface area (Å²) in [6.45, 7) is 23.0. The van der Waals surface area contributed by atoms with Crippen molar-refractivity contribution in [1.29, 1.82) is 0 Å². The summed E-state index contributed by atoms with van der Waals surface area (Å²) in [7, 11) is 0. The van der Waals surface area contributed by atoms with Crippen LogP contribution in [-0.2, 0) is 9.53 Å². The molecule has 2 rings (SSSR count). The summed E-state index contributed by atoms with van der Waals surface area (Å²) in [6.07, 6.45) is 30.3. The van der Waals surface area contributed by atoms with Gasteiger partial charge in [0.15, 0.2) is 0 Å². The molecular formula is C37H54O2. The molecule has 214 valence electrons. The monoisotopic (exact) mass is 530 g/mol. The predicted molar refractivity (Wildman–Crippen MR) is 169 cm³/mol. The second-order valence-corrected chi connectivity index (χ2v) is 12.3. The summed E-state index contributed by atoms with van der Waals surface area (Å²) in [5.41, 5.74) is 2.62. The van der Waals surface area contributed by atoms with Gasteiger partial charge in [0.1, 0.15) is 5.60 Å². The van der Waals surface area contributed by atoms with Gasteiger partial charge in [-0.3, -0.25) is 4.79 Å². The summed E-state index contributed by atoms with van der Waals surface area (Å²) in [4.78, 5) is 14.3. The highest BCUT2D eigenvalue weighted by Gasteiger charge is 2.45. The number of carbonyl (C=O) groups is 1. The zero-order chi connectivity index (χ0) is 29.1. The van der Waals surface area contributed by atoms with Crippen LogP contribution in [0, 0.1) is 29.1 Å². The van der Waals surface area contributed by atoms with E-state index in [1.54, 1.807) is 6.08 Å². The van der Waals surface area contributed by atoms with Crippen molar-refractivity contribution < 1.29 is 9.53 Å². The first kappa shape index (κ1) is 32.6. The number of ether oxygens (including phenoxy) is 1. The summed E-state index contributed by atoms with van der Waals surface area (Å²) in [6, 6.07) is 0. The van der Waals surface area contributed by atoms with Crippen molar-refractivity contribution in [1.82, 2.24) is 0 Å². The molecule has 0 amide bonds. The third kappa shape index (κ3) is 9.52. The standard InChI is InChI=1S/C37H54O2/c1-10-14-18-30(13-4)23-24-33(32-19-16-15-17-20-32)34(28(5)6)27-37(25-11-2,26-31-21-22-31)35(38)39-36(8,9)29(7)12-3/h10-11,13-14,16,18-20,23-24,26,28-29,33-34H,1-2,12,15,17,21-22,25,27H2,3-9H3/b18-14-,24-23+,30-13+/t29?,33-,34?,37?/m0/s1. The molecule has 0 heterocycles. The van der Waals surface area contributed by atoms with E-state index >= 15 is 0 Å². The molecule has 0 aromatic heterocycles. The second kappa shape index (κ2) is 15.2. The quantitative estimate of drug-likeness (QED) is 0.113. The molecule has 1 fully saturated rings. The molecule has 0 radical (unpaired) electrons. The Bertz CT molecular complexity index is 1020. The van der Waals surface area contributed by atoms with Gasteiger partial charge in [0, 0.05) is 5.92 Å². The lowest BCUT2D eigenvalue weighted by Crippen LogP contribution is -2.43. The SMILES string of the molecule is C=C\C=C/C(/C=C/[C@@H](C1=CCCC=C1)C(CC(C=C1CC1)(CC=C)C(=O)OC(C)(C)C(C)CC)C(C)C)=C\C. The predicted octanol–water partition coefficient (Wildman–Crippen LogP) is 10.4. The van der Waals surface area contributed by atoms with Gasteiger partial charge >= 0.3 is 5.97 Å². The Morgan fingerprint density at radius 1 is 1.13 bits per heavy atom. The lowest BCUT2D eigenvalue weighted by atomic mass is 9.67. The van der Waals surface area contributed by atoms with E-state index in [1.165, 1.54) is 11.1 Å². The molecule has 0 aromatic rings. The Balaban J connectivity index is 2.59. The number of carbonyl (C=O) groups excluding carboxylic acids is 1. The average Bonchev–Trinajstić information content (AvgIpc) is 3.73. The van der Waals surface area contributed by atoms with Crippen LogP contribution in [-0.4, -0.2) is 11.6 Å². The molecular weight excluding hydrogens is 476 g/mol. The van der Waals surface area contributed by atoms with E-state index in [4.69, 9.17) is 4.74 Å². The third-order valence-corrected chi connectivity index (χ3v) is 8.67. The maximum absolute atomic E-state index is 14.3. The Kier molecular flexibility index (Phi) is 12.7. The first-order valence-electron chi connectivity index (χ1n) is 15.1. The maximum atomic E-state index is 14.3. The van der Waals surface area contributed by atoms with Gasteiger partial charge in [-0.15, -0.1) is 6.58 Å².